The molecule has 1 saturated heterocycles. The first-order chi connectivity index (χ1) is 6.74. The molecule has 0 bridgehead atoms. The van der Waals surface area contributed by atoms with Crippen molar-refractivity contribution in [3.8, 4) is 0 Å². The van der Waals surface area contributed by atoms with Crippen LogP contribution in [-0.4, -0.2) is 18.1 Å². The first kappa shape index (κ1) is 8.48. The van der Waals surface area contributed by atoms with Gasteiger partial charge in [0.2, 0.25) is 0 Å². The largest absolute Gasteiger partial charge is 0.356 e. The van der Waals surface area contributed by atoms with E-state index in [4.69, 9.17) is 11.6 Å². The van der Waals surface area contributed by atoms with Crippen LogP contribution in [0.4, 0.5) is 10.2 Å². The maximum absolute atomic E-state index is 12.9. The van der Waals surface area contributed by atoms with Crippen molar-refractivity contribution in [2.45, 2.75) is 6.42 Å². The minimum Gasteiger partial charge on any atom is -0.356 e. The van der Waals surface area contributed by atoms with Gasteiger partial charge in [0.15, 0.2) is 5.82 Å². The number of piperidine rings is 1. The third-order valence-corrected chi connectivity index (χ3v) is 3.39. The van der Waals surface area contributed by atoms with Crippen LogP contribution in [0.1, 0.15) is 6.42 Å². The van der Waals surface area contributed by atoms with E-state index < -0.39 is 5.82 Å². The minimum atomic E-state index is -0.445. The molecule has 1 aromatic heterocycles. The summed E-state index contributed by atoms with van der Waals surface area (Å²) in [6, 6.07) is 1.61. The summed E-state index contributed by atoms with van der Waals surface area (Å²) in [5, 5.41) is 0.163. The molecule has 1 aromatic rings. The Morgan fingerprint density at radius 3 is 2.79 bits per heavy atom. The van der Waals surface area contributed by atoms with Crippen molar-refractivity contribution in [3.05, 3.63) is 23.1 Å². The average molecular weight is 213 g/mol. The molecule has 0 spiro atoms. The van der Waals surface area contributed by atoms with Crippen molar-refractivity contribution < 1.29 is 4.39 Å². The first-order valence-corrected chi connectivity index (χ1v) is 5.18. The zero-order chi connectivity index (χ0) is 9.71. The topological polar surface area (TPSA) is 16.1 Å². The highest BCUT2D eigenvalue weighted by molar-refractivity contribution is 6.30. The number of hydrogen-bond donors (Lipinski definition) is 0. The molecule has 2 fully saturated rings. The Labute approximate surface area is 86.7 Å². The molecule has 0 N–H and O–H groups in total. The van der Waals surface area contributed by atoms with E-state index >= 15 is 0 Å². The van der Waals surface area contributed by atoms with Gasteiger partial charge in [-0.05, 0) is 18.3 Å². The summed E-state index contributed by atoms with van der Waals surface area (Å²) in [5.74, 6) is 2.06. The molecule has 1 aliphatic heterocycles. The second-order valence-electron chi connectivity index (χ2n) is 4.12. The molecule has 2 atom stereocenters. The van der Waals surface area contributed by atoms with Crippen LogP contribution in [-0.2, 0) is 0 Å². The third kappa shape index (κ3) is 1.27. The molecule has 2 nitrogen and oxygen atoms in total. The SMILES string of the molecule is Fc1cnc(N2CC3CC3C2)cc1Cl. The predicted molar refractivity (Wildman–Crippen MR) is 53.0 cm³/mol. The zero-order valence-electron chi connectivity index (χ0n) is 7.58. The molecular weight excluding hydrogens is 203 g/mol. The predicted octanol–water partition coefficient (Wildman–Crippen LogP) is 2.33. The van der Waals surface area contributed by atoms with Crippen LogP contribution < -0.4 is 4.90 Å². The number of rotatable bonds is 1. The van der Waals surface area contributed by atoms with Crippen LogP contribution in [0.25, 0.3) is 0 Å². The number of anilines is 1. The van der Waals surface area contributed by atoms with E-state index in [9.17, 15) is 4.39 Å². The fraction of sp³-hybridized carbons (Fsp3) is 0.500. The van der Waals surface area contributed by atoms with Gasteiger partial charge in [-0.25, -0.2) is 9.37 Å². The molecule has 1 aliphatic carbocycles. The fourth-order valence-corrected chi connectivity index (χ4v) is 2.31. The second kappa shape index (κ2) is 2.83. The molecule has 2 heterocycles. The van der Waals surface area contributed by atoms with Gasteiger partial charge in [0.1, 0.15) is 5.82 Å². The van der Waals surface area contributed by atoms with E-state index in [1.807, 2.05) is 0 Å². The van der Waals surface area contributed by atoms with Gasteiger partial charge in [-0.15, -0.1) is 0 Å². The molecule has 3 rings (SSSR count). The number of fused-ring (bicyclic) bond motifs is 1. The molecule has 74 valence electrons. The Morgan fingerprint density at radius 2 is 2.14 bits per heavy atom. The van der Waals surface area contributed by atoms with Gasteiger partial charge < -0.3 is 4.90 Å². The summed E-state index contributed by atoms with van der Waals surface area (Å²) in [6.07, 6.45) is 2.55. The lowest BCUT2D eigenvalue weighted by atomic mass is 10.4. The van der Waals surface area contributed by atoms with Crippen LogP contribution in [0.15, 0.2) is 12.3 Å². The van der Waals surface area contributed by atoms with Crippen molar-refractivity contribution in [1.29, 1.82) is 0 Å². The molecule has 14 heavy (non-hydrogen) atoms. The van der Waals surface area contributed by atoms with Crippen molar-refractivity contribution in [1.82, 2.24) is 4.98 Å². The highest BCUT2D eigenvalue weighted by atomic mass is 35.5. The van der Waals surface area contributed by atoms with Crippen LogP contribution in [0.3, 0.4) is 0 Å². The Kier molecular flexibility index (Phi) is 1.71. The zero-order valence-corrected chi connectivity index (χ0v) is 8.34. The molecule has 0 radical (unpaired) electrons. The van der Waals surface area contributed by atoms with Gasteiger partial charge in [0.05, 0.1) is 11.2 Å². The van der Waals surface area contributed by atoms with E-state index in [0.717, 1.165) is 30.7 Å². The molecule has 2 unspecified atom stereocenters. The minimum absolute atomic E-state index is 0.163. The van der Waals surface area contributed by atoms with E-state index in [1.165, 1.54) is 12.6 Å². The smallest absolute Gasteiger partial charge is 0.160 e. The van der Waals surface area contributed by atoms with E-state index in [2.05, 4.69) is 9.88 Å². The van der Waals surface area contributed by atoms with Gasteiger partial charge in [-0.1, -0.05) is 11.6 Å². The van der Waals surface area contributed by atoms with Crippen molar-refractivity contribution in [3.63, 3.8) is 0 Å². The van der Waals surface area contributed by atoms with E-state index in [0.29, 0.717) is 0 Å². The lowest BCUT2D eigenvalue weighted by Gasteiger charge is -2.18. The van der Waals surface area contributed by atoms with Crippen LogP contribution in [0.5, 0.6) is 0 Å². The number of hydrogen-bond acceptors (Lipinski definition) is 2. The number of halogens is 2. The van der Waals surface area contributed by atoms with Gasteiger partial charge in [0.25, 0.3) is 0 Å². The summed E-state index contributed by atoms with van der Waals surface area (Å²) in [6.45, 7) is 2.11. The average Bonchev–Trinajstić information content (AvgIpc) is 2.78. The van der Waals surface area contributed by atoms with E-state index in [-0.39, 0.29) is 5.02 Å². The Hall–Kier alpha value is -0.830. The van der Waals surface area contributed by atoms with Gasteiger partial charge in [0, 0.05) is 19.2 Å². The van der Waals surface area contributed by atoms with Gasteiger partial charge in [-0.2, -0.15) is 0 Å². The maximum Gasteiger partial charge on any atom is 0.160 e. The molecule has 0 aromatic carbocycles. The Balaban J connectivity index is 1.86. The van der Waals surface area contributed by atoms with Crippen LogP contribution in [0.2, 0.25) is 5.02 Å². The van der Waals surface area contributed by atoms with Gasteiger partial charge in [-0.3, -0.25) is 0 Å². The summed E-state index contributed by atoms with van der Waals surface area (Å²) >= 11 is 5.70. The summed E-state index contributed by atoms with van der Waals surface area (Å²) in [4.78, 5) is 6.23. The van der Waals surface area contributed by atoms with Crippen molar-refractivity contribution >= 4 is 17.4 Å². The lowest BCUT2D eigenvalue weighted by molar-refractivity contribution is 0.621. The summed E-state index contributed by atoms with van der Waals surface area (Å²) in [5.41, 5.74) is 0. The molecule has 0 amide bonds. The summed E-state index contributed by atoms with van der Waals surface area (Å²) in [7, 11) is 0. The first-order valence-electron chi connectivity index (χ1n) is 4.80. The third-order valence-electron chi connectivity index (χ3n) is 3.10. The van der Waals surface area contributed by atoms with Crippen molar-refractivity contribution in [2.75, 3.05) is 18.0 Å². The Morgan fingerprint density at radius 1 is 1.43 bits per heavy atom. The molecular formula is C10H10ClFN2. The molecule has 2 aliphatic rings. The molecule has 4 heteroatoms. The van der Waals surface area contributed by atoms with Crippen molar-refractivity contribution in [2.24, 2.45) is 11.8 Å². The number of aromatic nitrogens is 1. The number of nitrogens with zero attached hydrogens (tertiary/aromatic N) is 2. The standard InChI is InChI=1S/C10H10ClFN2/c11-8-2-10(13-3-9(8)12)14-4-6-1-7(6)5-14/h2-3,6-7H,1,4-5H2. The number of pyridine rings is 1. The lowest BCUT2D eigenvalue weighted by Crippen LogP contribution is -2.22. The maximum atomic E-state index is 12.9. The van der Waals surface area contributed by atoms with Crippen LogP contribution in [0, 0.1) is 17.7 Å². The summed E-state index contributed by atoms with van der Waals surface area (Å²) < 4.78 is 12.9. The highest BCUT2D eigenvalue weighted by Gasteiger charge is 2.45. The van der Waals surface area contributed by atoms with Crippen LogP contribution >= 0.6 is 11.6 Å². The van der Waals surface area contributed by atoms with Gasteiger partial charge >= 0.3 is 0 Å². The molecule has 1 saturated carbocycles. The highest BCUT2D eigenvalue weighted by Crippen LogP contribution is 2.46. The van der Waals surface area contributed by atoms with E-state index in [1.54, 1.807) is 6.07 Å². The monoisotopic (exact) mass is 212 g/mol. The fourth-order valence-electron chi connectivity index (χ4n) is 2.16. The quantitative estimate of drug-likeness (QED) is 0.711. The second-order valence-corrected chi connectivity index (χ2v) is 4.52. The Bertz CT molecular complexity index is 372. The normalized spacial score (nSPS) is 29.1.